The van der Waals surface area contributed by atoms with Gasteiger partial charge < -0.3 is 43.9 Å². The summed E-state index contributed by atoms with van der Waals surface area (Å²) in [5.74, 6) is -4.87. The number of rotatable bonds is 11. The molecule has 0 saturated carbocycles. The SMILES string of the molecule is COc1ccc2c3c1O[C@H]1C(OC(=O)CCC(=O)O[C@@H](C)C(=O)O[C@@H](CC(=O)O)C(=O)O)=CC[C@@]4(O)[C@H](C2)N(C)CC[C@]314. The van der Waals surface area contributed by atoms with E-state index < -0.39 is 78.4 Å². The fourth-order valence-electron chi connectivity index (χ4n) is 6.85. The minimum absolute atomic E-state index is 0.175. The van der Waals surface area contributed by atoms with E-state index in [9.17, 15) is 29.1 Å². The zero-order valence-corrected chi connectivity index (χ0v) is 23.9. The van der Waals surface area contributed by atoms with Gasteiger partial charge in [0.05, 0.1) is 37.4 Å². The Morgan fingerprint density at radius 3 is 2.51 bits per heavy atom. The van der Waals surface area contributed by atoms with Gasteiger partial charge in [-0.3, -0.25) is 14.4 Å². The van der Waals surface area contributed by atoms with Crippen molar-refractivity contribution in [3.8, 4) is 11.5 Å². The molecule has 43 heavy (non-hydrogen) atoms. The zero-order valence-electron chi connectivity index (χ0n) is 23.9. The summed E-state index contributed by atoms with van der Waals surface area (Å²) in [6.45, 7) is 1.82. The first-order valence-corrected chi connectivity index (χ1v) is 13.9. The first-order chi connectivity index (χ1) is 20.3. The standard InChI is InChI=1S/C29H33NO13/c1-14(27(37)42-18(26(35)36)13-20(31)32)40-21(33)6-7-22(34)41-17-8-9-29(38)19-12-15-4-5-16(39-3)24-23(15)28(29,25(17)43-24)10-11-30(19)2/h4-5,8,14,18-19,25,38H,6-7,9-13H2,1-3H3,(H,31,32)(H,35,36)/t14-,18-,19-,25-,28-,29+/m0/s1. The second-order valence-electron chi connectivity index (χ2n) is 11.3. The number of benzene rings is 1. The molecule has 0 aromatic heterocycles. The van der Waals surface area contributed by atoms with Gasteiger partial charge in [-0.2, -0.15) is 0 Å². The summed E-state index contributed by atoms with van der Waals surface area (Å²) >= 11 is 0. The Hall–Kier alpha value is -4.17. The van der Waals surface area contributed by atoms with Crippen molar-refractivity contribution in [1.29, 1.82) is 0 Å². The molecular formula is C29H33NO13. The number of carbonyl (C=O) groups is 5. The summed E-state index contributed by atoms with van der Waals surface area (Å²) in [7, 11) is 3.51. The molecule has 14 nitrogen and oxygen atoms in total. The highest BCUT2D eigenvalue weighted by Crippen LogP contribution is 2.65. The van der Waals surface area contributed by atoms with E-state index in [1.54, 1.807) is 6.08 Å². The van der Waals surface area contributed by atoms with Gasteiger partial charge in [0, 0.05) is 18.0 Å². The highest BCUT2D eigenvalue weighted by molar-refractivity contribution is 5.85. The largest absolute Gasteiger partial charge is 0.493 e. The maximum absolute atomic E-state index is 12.9. The Bertz CT molecular complexity index is 1400. The first kappa shape index (κ1) is 30.3. The molecule has 0 radical (unpaired) electrons. The molecule has 1 saturated heterocycles. The van der Waals surface area contributed by atoms with Gasteiger partial charge in [0.25, 0.3) is 0 Å². The lowest BCUT2D eigenvalue weighted by atomic mass is 9.50. The van der Waals surface area contributed by atoms with Crippen LogP contribution in [0.4, 0.5) is 0 Å². The van der Waals surface area contributed by atoms with Crippen molar-refractivity contribution in [2.45, 2.75) is 80.8 Å². The molecule has 1 aromatic carbocycles. The fourth-order valence-corrected chi connectivity index (χ4v) is 6.85. The molecule has 4 aliphatic rings. The van der Waals surface area contributed by atoms with E-state index in [-0.39, 0.29) is 18.2 Å². The second-order valence-corrected chi connectivity index (χ2v) is 11.3. The second kappa shape index (κ2) is 11.2. The highest BCUT2D eigenvalue weighted by Gasteiger charge is 2.72. The minimum atomic E-state index is -1.95. The van der Waals surface area contributed by atoms with Crippen LogP contribution in [0.1, 0.15) is 50.2 Å². The van der Waals surface area contributed by atoms with E-state index in [2.05, 4.69) is 9.64 Å². The maximum atomic E-state index is 12.9. The summed E-state index contributed by atoms with van der Waals surface area (Å²) in [6, 6.07) is 3.64. The molecule has 2 bridgehead atoms. The van der Waals surface area contributed by atoms with Gasteiger partial charge in [0.2, 0.25) is 6.10 Å². The average molecular weight is 604 g/mol. The zero-order chi connectivity index (χ0) is 31.3. The smallest absolute Gasteiger partial charge is 0.348 e. The maximum Gasteiger partial charge on any atom is 0.348 e. The molecule has 5 rings (SSSR count). The monoisotopic (exact) mass is 603 g/mol. The molecular weight excluding hydrogens is 570 g/mol. The van der Waals surface area contributed by atoms with Gasteiger partial charge in [-0.05, 0) is 51.1 Å². The van der Waals surface area contributed by atoms with Gasteiger partial charge >= 0.3 is 29.8 Å². The van der Waals surface area contributed by atoms with Crippen LogP contribution in [0.2, 0.25) is 0 Å². The molecule has 2 aliphatic heterocycles. The normalized spacial score (nSPS) is 27.9. The van der Waals surface area contributed by atoms with Crippen LogP contribution in [0, 0.1) is 0 Å². The van der Waals surface area contributed by atoms with E-state index in [4.69, 9.17) is 29.2 Å². The third-order valence-corrected chi connectivity index (χ3v) is 8.86. The van der Waals surface area contributed by atoms with Crippen LogP contribution in [-0.4, -0.2) is 101 Å². The number of piperidine rings is 1. The lowest BCUT2D eigenvalue weighted by molar-refractivity contribution is -0.178. The number of ether oxygens (including phenoxy) is 5. The average Bonchev–Trinajstić information content (AvgIpc) is 3.30. The number of likely N-dealkylation sites (N-methyl/N-ethyl adjacent to an activating group) is 1. The van der Waals surface area contributed by atoms with Crippen LogP contribution in [-0.2, 0) is 50.0 Å². The quantitative estimate of drug-likeness (QED) is 0.236. The summed E-state index contributed by atoms with van der Waals surface area (Å²) < 4.78 is 27.2. The summed E-state index contributed by atoms with van der Waals surface area (Å²) in [5, 5.41) is 30.0. The fraction of sp³-hybridized carbons (Fsp3) is 0.552. The molecule has 14 heteroatoms. The van der Waals surface area contributed by atoms with Gasteiger partial charge in [0.1, 0.15) is 5.76 Å². The van der Waals surface area contributed by atoms with Crippen LogP contribution >= 0.6 is 0 Å². The molecule has 3 N–H and O–H groups in total. The van der Waals surface area contributed by atoms with Crippen LogP contribution in [0.15, 0.2) is 24.0 Å². The van der Waals surface area contributed by atoms with E-state index in [0.29, 0.717) is 30.9 Å². The van der Waals surface area contributed by atoms with Crippen LogP contribution in [0.3, 0.4) is 0 Å². The van der Waals surface area contributed by atoms with Crippen molar-refractivity contribution in [3.05, 3.63) is 35.1 Å². The van der Waals surface area contributed by atoms with Crippen LogP contribution in [0.25, 0.3) is 0 Å². The topological polar surface area (TPSA) is 195 Å². The summed E-state index contributed by atoms with van der Waals surface area (Å²) in [4.78, 5) is 61.3. The highest BCUT2D eigenvalue weighted by atomic mass is 16.6. The van der Waals surface area contributed by atoms with Crippen molar-refractivity contribution in [2.24, 2.45) is 0 Å². The van der Waals surface area contributed by atoms with Crippen molar-refractivity contribution in [3.63, 3.8) is 0 Å². The molecule has 2 heterocycles. The number of methoxy groups -OCH3 is 1. The van der Waals surface area contributed by atoms with E-state index in [0.717, 1.165) is 18.1 Å². The van der Waals surface area contributed by atoms with Gasteiger partial charge in [-0.25, -0.2) is 9.59 Å². The predicted octanol–water partition coefficient (Wildman–Crippen LogP) is 0.699. The molecule has 1 fully saturated rings. The Morgan fingerprint density at radius 2 is 1.84 bits per heavy atom. The van der Waals surface area contributed by atoms with Crippen molar-refractivity contribution >= 4 is 29.8 Å². The van der Waals surface area contributed by atoms with Gasteiger partial charge in [0.15, 0.2) is 23.7 Å². The molecule has 0 unspecified atom stereocenters. The third-order valence-electron chi connectivity index (χ3n) is 8.86. The van der Waals surface area contributed by atoms with Gasteiger partial charge in [-0.1, -0.05) is 6.07 Å². The van der Waals surface area contributed by atoms with Crippen LogP contribution in [0.5, 0.6) is 11.5 Å². The Labute approximate surface area is 246 Å². The first-order valence-electron chi connectivity index (χ1n) is 13.9. The van der Waals surface area contributed by atoms with E-state index in [1.807, 2.05) is 19.2 Å². The molecule has 2 aliphatic carbocycles. The Balaban J connectivity index is 1.24. The number of carboxylic acids is 2. The number of aliphatic carboxylic acids is 2. The van der Waals surface area contributed by atoms with Crippen molar-refractivity contribution < 1.29 is 63.0 Å². The number of likely N-dealkylation sites (tertiary alicyclic amines) is 1. The molecule has 0 amide bonds. The Morgan fingerprint density at radius 1 is 1.12 bits per heavy atom. The number of carboxylic acid groups (broad SMARTS) is 2. The lowest BCUT2D eigenvalue weighted by Crippen LogP contribution is -2.74. The summed E-state index contributed by atoms with van der Waals surface area (Å²) in [6.07, 6.45) is -3.08. The number of esters is 3. The molecule has 232 valence electrons. The van der Waals surface area contributed by atoms with Crippen molar-refractivity contribution in [1.82, 2.24) is 4.90 Å². The number of hydrogen-bond acceptors (Lipinski definition) is 12. The Kier molecular flexibility index (Phi) is 7.86. The van der Waals surface area contributed by atoms with Gasteiger partial charge in [-0.15, -0.1) is 0 Å². The predicted molar refractivity (Wildman–Crippen MR) is 142 cm³/mol. The molecule has 1 spiro atoms. The minimum Gasteiger partial charge on any atom is -0.493 e. The van der Waals surface area contributed by atoms with Crippen LogP contribution < -0.4 is 9.47 Å². The van der Waals surface area contributed by atoms with Crippen molar-refractivity contribution in [2.75, 3.05) is 20.7 Å². The third kappa shape index (κ3) is 4.97. The number of carbonyl (C=O) groups excluding carboxylic acids is 3. The number of nitrogens with zero attached hydrogens (tertiary/aromatic N) is 1. The number of aliphatic hydroxyl groups is 1. The summed E-state index contributed by atoms with van der Waals surface area (Å²) in [5.41, 5.74) is -0.123. The molecule has 6 atom stereocenters. The number of hydrogen-bond donors (Lipinski definition) is 3. The van der Waals surface area contributed by atoms with E-state index >= 15 is 0 Å². The lowest BCUT2D eigenvalue weighted by Gasteiger charge is -2.61. The molecule has 1 aromatic rings. The van der Waals surface area contributed by atoms with E-state index in [1.165, 1.54) is 7.11 Å².